The minimum atomic E-state index is -0.439. The fraction of sp³-hybridized carbons (Fsp3) is 0.280. The third-order valence-corrected chi connectivity index (χ3v) is 9.15. The minimum Gasteiger partial charge on any atom is -0.462 e. The van der Waals surface area contributed by atoms with Crippen LogP contribution in [0.5, 0.6) is 0 Å². The summed E-state index contributed by atoms with van der Waals surface area (Å²) in [5.41, 5.74) is 15.9. The molecule has 8 nitrogen and oxygen atoms in total. The Morgan fingerprint density at radius 3 is 2.75 bits per heavy atom. The number of nitrogens with one attached hydrogen (secondary N) is 1. The van der Waals surface area contributed by atoms with Gasteiger partial charge in [0.1, 0.15) is 32.2 Å². The minimum absolute atomic E-state index is 0.0889. The lowest BCUT2D eigenvalue weighted by Gasteiger charge is -2.09. The first-order valence-electron chi connectivity index (χ1n) is 11.5. The van der Waals surface area contributed by atoms with E-state index in [2.05, 4.69) is 16.4 Å². The Morgan fingerprint density at radius 2 is 2.03 bits per heavy atom. The molecule has 0 saturated carbocycles. The van der Waals surface area contributed by atoms with Gasteiger partial charge in [0.2, 0.25) is 0 Å². The number of amides is 1. The van der Waals surface area contributed by atoms with Gasteiger partial charge in [0.05, 0.1) is 17.9 Å². The van der Waals surface area contributed by atoms with Gasteiger partial charge in [-0.3, -0.25) is 4.79 Å². The van der Waals surface area contributed by atoms with Gasteiger partial charge in [-0.25, -0.2) is 9.78 Å². The van der Waals surface area contributed by atoms with Crippen LogP contribution in [0.1, 0.15) is 62.2 Å². The van der Waals surface area contributed by atoms with Crippen LogP contribution in [0.25, 0.3) is 21.3 Å². The van der Waals surface area contributed by atoms with Crippen LogP contribution in [-0.2, 0) is 17.6 Å². The van der Waals surface area contributed by atoms with Crippen LogP contribution < -0.4 is 16.8 Å². The number of nitrogens with two attached hydrogens (primary N) is 2. The van der Waals surface area contributed by atoms with Crippen LogP contribution in [0.2, 0.25) is 0 Å². The van der Waals surface area contributed by atoms with Crippen molar-refractivity contribution in [2.45, 2.75) is 39.0 Å². The summed E-state index contributed by atoms with van der Waals surface area (Å²) >= 11 is 4.02. The van der Waals surface area contributed by atoms with E-state index in [9.17, 15) is 14.9 Å². The number of hydrogen-bond acceptors (Lipinski definition) is 10. The van der Waals surface area contributed by atoms with Gasteiger partial charge in [-0.2, -0.15) is 16.6 Å². The number of rotatable bonds is 5. The smallest absolute Gasteiger partial charge is 0.341 e. The van der Waals surface area contributed by atoms with Crippen molar-refractivity contribution in [1.29, 1.82) is 5.26 Å². The number of pyridine rings is 1. The molecule has 1 aliphatic carbocycles. The largest absolute Gasteiger partial charge is 0.462 e. The van der Waals surface area contributed by atoms with Crippen molar-refractivity contribution in [3.63, 3.8) is 0 Å². The van der Waals surface area contributed by atoms with Crippen molar-refractivity contribution in [2.75, 3.05) is 23.4 Å². The molecule has 4 aromatic rings. The number of thiophene rings is 3. The normalized spacial score (nSPS) is 13.1. The highest BCUT2D eigenvalue weighted by atomic mass is 32.1. The lowest BCUT2D eigenvalue weighted by atomic mass is 9.99. The van der Waals surface area contributed by atoms with Crippen molar-refractivity contribution in [2.24, 2.45) is 0 Å². The number of anilines is 3. The predicted molar refractivity (Wildman–Crippen MR) is 146 cm³/mol. The second-order valence-electron chi connectivity index (χ2n) is 8.34. The molecule has 0 unspecified atom stereocenters. The summed E-state index contributed by atoms with van der Waals surface area (Å²) in [5.74, 6) is -0.777. The molecule has 0 aliphatic heterocycles. The zero-order valence-corrected chi connectivity index (χ0v) is 21.9. The van der Waals surface area contributed by atoms with Crippen molar-refractivity contribution in [1.82, 2.24) is 4.98 Å². The van der Waals surface area contributed by atoms with E-state index in [-0.39, 0.29) is 28.6 Å². The number of carbonyl (C=O) groups excluding carboxylic acids is 2. The number of esters is 1. The van der Waals surface area contributed by atoms with E-state index >= 15 is 0 Å². The topological polar surface area (TPSA) is 144 Å². The lowest BCUT2D eigenvalue weighted by molar-refractivity contribution is 0.0527. The van der Waals surface area contributed by atoms with Gasteiger partial charge in [0.15, 0.2) is 0 Å². The van der Waals surface area contributed by atoms with Crippen LogP contribution in [0, 0.1) is 11.3 Å². The number of hydrogen-bond donors (Lipinski definition) is 3. The average molecular weight is 538 g/mol. The van der Waals surface area contributed by atoms with Crippen LogP contribution in [0.3, 0.4) is 0 Å². The molecule has 0 bridgehead atoms. The molecule has 0 radical (unpaired) electrons. The molecule has 4 heterocycles. The Bertz CT molecular complexity index is 1530. The standard InChI is InChI=1S/C25H23N5O3S3/c1-2-33-25(32)17-13-6-4-3-5-7-15(13)35-23(17)30-22(31)20-19(27)18-16(12-8-9-34-11-12)14(10-26)21(28)29-24(18)36-20/h8-9,11H,2-7,27H2,1H3,(H2,28,29)(H,30,31). The van der Waals surface area contributed by atoms with Gasteiger partial charge in [-0.05, 0) is 60.6 Å². The quantitative estimate of drug-likeness (QED) is 0.215. The second-order valence-corrected chi connectivity index (χ2v) is 11.2. The summed E-state index contributed by atoms with van der Waals surface area (Å²) in [5, 5.41) is 17.5. The van der Waals surface area contributed by atoms with Crippen LogP contribution in [0.15, 0.2) is 16.8 Å². The number of ether oxygens (including phenoxy) is 1. The molecule has 5 N–H and O–H groups in total. The Morgan fingerprint density at radius 1 is 1.22 bits per heavy atom. The summed E-state index contributed by atoms with van der Waals surface area (Å²) in [6.07, 6.45) is 4.80. The van der Waals surface area contributed by atoms with Gasteiger partial charge < -0.3 is 21.5 Å². The van der Waals surface area contributed by atoms with E-state index < -0.39 is 11.9 Å². The highest BCUT2D eigenvalue weighted by Gasteiger charge is 2.29. The van der Waals surface area contributed by atoms with Gasteiger partial charge >= 0.3 is 5.97 Å². The zero-order chi connectivity index (χ0) is 25.4. The van der Waals surface area contributed by atoms with E-state index in [1.54, 1.807) is 6.92 Å². The number of nitriles is 1. The Balaban J connectivity index is 1.60. The molecule has 0 atom stereocenters. The average Bonchev–Trinajstić information content (AvgIpc) is 3.53. The third-order valence-electron chi connectivity index (χ3n) is 6.16. The van der Waals surface area contributed by atoms with Crippen LogP contribution in [0.4, 0.5) is 16.5 Å². The molecule has 0 aromatic carbocycles. The maximum Gasteiger partial charge on any atom is 0.341 e. The fourth-order valence-corrected chi connectivity index (χ4v) is 7.48. The second kappa shape index (κ2) is 9.89. The number of nitrogens with zero attached hydrogens (tertiary/aromatic N) is 2. The van der Waals surface area contributed by atoms with Gasteiger partial charge in [-0.1, -0.05) is 6.42 Å². The lowest BCUT2D eigenvalue weighted by Crippen LogP contribution is -2.15. The summed E-state index contributed by atoms with van der Waals surface area (Å²) in [7, 11) is 0. The molecule has 1 amide bonds. The molecule has 5 rings (SSSR count). The molecule has 184 valence electrons. The summed E-state index contributed by atoms with van der Waals surface area (Å²) in [6.45, 7) is 2.01. The molecule has 0 spiro atoms. The van der Waals surface area contributed by atoms with Gasteiger partial charge in [0, 0.05) is 15.8 Å². The number of nitrogen functional groups attached to an aromatic ring is 2. The SMILES string of the molecule is CCOC(=O)c1c(NC(=O)c2sc3nc(N)c(C#N)c(-c4ccsc4)c3c2N)sc2c1CCCCC2. The molecule has 36 heavy (non-hydrogen) atoms. The Kier molecular flexibility index (Phi) is 6.66. The first kappa shape index (κ1) is 24.2. The predicted octanol–water partition coefficient (Wildman–Crippen LogP) is 5.82. The number of carbonyl (C=O) groups is 2. The summed E-state index contributed by atoms with van der Waals surface area (Å²) < 4.78 is 5.33. The molecule has 0 fully saturated rings. The molecular weight excluding hydrogens is 515 g/mol. The molecule has 1 aliphatic rings. The van der Waals surface area contributed by atoms with Gasteiger partial charge in [0.25, 0.3) is 5.91 Å². The van der Waals surface area contributed by atoms with Crippen LogP contribution in [-0.4, -0.2) is 23.5 Å². The molecule has 11 heteroatoms. The Hall–Kier alpha value is -3.46. The maximum atomic E-state index is 13.5. The first-order chi connectivity index (χ1) is 17.4. The highest BCUT2D eigenvalue weighted by molar-refractivity contribution is 7.21. The van der Waals surface area contributed by atoms with Crippen molar-refractivity contribution < 1.29 is 14.3 Å². The van der Waals surface area contributed by atoms with Crippen molar-refractivity contribution >= 4 is 72.6 Å². The van der Waals surface area contributed by atoms with E-state index in [1.165, 1.54) is 22.7 Å². The highest BCUT2D eigenvalue weighted by Crippen LogP contribution is 2.44. The van der Waals surface area contributed by atoms with Crippen LogP contribution >= 0.6 is 34.0 Å². The first-order valence-corrected chi connectivity index (χ1v) is 14.1. The zero-order valence-electron chi connectivity index (χ0n) is 19.5. The summed E-state index contributed by atoms with van der Waals surface area (Å²) in [4.78, 5) is 32.6. The van der Waals surface area contributed by atoms with Crippen molar-refractivity contribution in [3.05, 3.63) is 43.3 Å². The monoisotopic (exact) mass is 537 g/mol. The fourth-order valence-electron chi connectivity index (χ4n) is 4.56. The van der Waals surface area contributed by atoms with Gasteiger partial charge in [-0.15, -0.1) is 22.7 Å². The van der Waals surface area contributed by atoms with E-state index in [1.807, 2.05) is 16.8 Å². The van der Waals surface area contributed by atoms with E-state index in [4.69, 9.17) is 16.2 Å². The number of aryl methyl sites for hydroxylation is 1. The van der Waals surface area contributed by atoms with Crippen molar-refractivity contribution in [3.8, 4) is 17.2 Å². The number of aromatic nitrogens is 1. The number of fused-ring (bicyclic) bond motifs is 2. The van der Waals surface area contributed by atoms with E-state index in [0.717, 1.165) is 59.4 Å². The van der Waals surface area contributed by atoms with E-state index in [0.29, 0.717) is 26.3 Å². The Labute approximate surface area is 219 Å². The molecule has 4 aromatic heterocycles. The molecule has 0 saturated heterocycles. The summed E-state index contributed by atoms with van der Waals surface area (Å²) in [6, 6.07) is 4.01. The maximum absolute atomic E-state index is 13.5. The third kappa shape index (κ3) is 4.11. The molecular formula is C25H23N5O3S3.